The molecule has 6 rings (SSSR count). The van der Waals surface area contributed by atoms with Crippen LogP contribution < -0.4 is 15.4 Å². The molecular weight excluding hydrogens is 464 g/mol. The molecule has 1 aliphatic carbocycles. The third-order valence-corrected chi connectivity index (χ3v) is 12.9. The average Bonchev–Trinajstić information content (AvgIpc) is 3.32. The Hall–Kier alpha value is -3.40. The first kappa shape index (κ1) is 24.0. The van der Waals surface area contributed by atoms with Gasteiger partial charge >= 0.3 is 0 Å². The molecule has 2 aliphatic rings. The summed E-state index contributed by atoms with van der Waals surface area (Å²) in [6.45, 7) is 8.97. The summed E-state index contributed by atoms with van der Waals surface area (Å²) < 4.78 is 0. The Morgan fingerprint density at radius 1 is 0.703 bits per heavy atom. The molecule has 0 fully saturated rings. The first-order valence-electron chi connectivity index (χ1n) is 13.5. The van der Waals surface area contributed by atoms with Crippen molar-refractivity contribution in [1.82, 2.24) is 9.88 Å². The summed E-state index contributed by atoms with van der Waals surface area (Å²) in [5.74, 6) is 0. The van der Waals surface area contributed by atoms with Gasteiger partial charge in [0.25, 0.3) is 0 Å². The maximum Gasteiger partial charge on any atom is 0.201 e. The quantitative estimate of drug-likeness (QED) is 0.345. The van der Waals surface area contributed by atoms with E-state index < -0.39 is 8.24 Å². The van der Waals surface area contributed by atoms with Crippen molar-refractivity contribution in [2.45, 2.75) is 44.8 Å². The SMILES string of the molecule is CC(C)(C)N[Si](c1ccccc1)(c1ccccc1)C1C=C(N2CCc3ccccc3C2)c2ccccc21. The molecule has 1 heterocycles. The molecule has 0 saturated carbocycles. The van der Waals surface area contributed by atoms with Gasteiger partial charge in [0, 0.05) is 35.4 Å². The van der Waals surface area contributed by atoms with Crippen molar-refractivity contribution in [3.8, 4) is 0 Å². The Labute approximate surface area is 222 Å². The van der Waals surface area contributed by atoms with E-state index in [0.717, 1.165) is 19.5 Å². The fourth-order valence-corrected chi connectivity index (χ4v) is 11.7. The van der Waals surface area contributed by atoms with Crippen molar-refractivity contribution in [2.75, 3.05) is 6.54 Å². The average molecular weight is 501 g/mol. The molecule has 37 heavy (non-hydrogen) atoms. The van der Waals surface area contributed by atoms with Crippen molar-refractivity contribution < 1.29 is 0 Å². The topological polar surface area (TPSA) is 15.3 Å². The van der Waals surface area contributed by atoms with E-state index in [9.17, 15) is 0 Å². The monoisotopic (exact) mass is 500 g/mol. The van der Waals surface area contributed by atoms with Crippen LogP contribution in [-0.2, 0) is 13.0 Å². The molecule has 1 aliphatic heterocycles. The van der Waals surface area contributed by atoms with Gasteiger partial charge in [-0.2, -0.15) is 0 Å². The predicted octanol–water partition coefficient (Wildman–Crippen LogP) is 5.87. The summed E-state index contributed by atoms with van der Waals surface area (Å²) in [7, 11) is -2.53. The van der Waals surface area contributed by atoms with Crippen LogP contribution in [0.1, 0.15) is 48.6 Å². The van der Waals surface area contributed by atoms with Crippen LogP contribution in [0.4, 0.5) is 0 Å². The molecule has 1 N–H and O–H groups in total. The summed E-state index contributed by atoms with van der Waals surface area (Å²) in [5.41, 5.74) is 7.42. The van der Waals surface area contributed by atoms with Crippen LogP contribution in [0.3, 0.4) is 0 Å². The molecule has 0 aromatic heterocycles. The zero-order valence-corrected chi connectivity index (χ0v) is 23.1. The van der Waals surface area contributed by atoms with Crippen molar-refractivity contribution in [2.24, 2.45) is 0 Å². The van der Waals surface area contributed by atoms with Crippen molar-refractivity contribution in [3.05, 3.63) is 138 Å². The van der Waals surface area contributed by atoms with Crippen LogP contribution in [-0.4, -0.2) is 25.2 Å². The minimum absolute atomic E-state index is 0.0481. The Balaban J connectivity index is 1.56. The van der Waals surface area contributed by atoms with E-state index in [4.69, 9.17) is 0 Å². The van der Waals surface area contributed by atoms with Gasteiger partial charge in [0.15, 0.2) is 0 Å². The fourth-order valence-electron chi connectivity index (χ4n) is 6.42. The van der Waals surface area contributed by atoms with Crippen molar-refractivity contribution in [3.63, 3.8) is 0 Å². The smallest absolute Gasteiger partial charge is 0.201 e. The molecular formula is C34H36N2Si. The number of allylic oxidation sites excluding steroid dienone is 1. The number of fused-ring (bicyclic) bond motifs is 2. The second kappa shape index (κ2) is 9.48. The highest BCUT2D eigenvalue weighted by molar-refractivity contribution is 7.02. The Kier molecular flexibility index (Phi) is 6.14. The van der Waals surface area contributed by atoms with Gasteiger partial charge < -0.3 is 9.88 Å². The second-order valence-electron chi connectivity index (χ2n) is 11.5. The highest BCUT2D eigenvalue weighted by atomic mass is 28.3. The lowest BCUT2D eigenvalue weighted by Crippen LogP contribution is -2.75. The summed E-state index contributed by atoms with van der Waals surface area (Å²) in [6, 6.07) is 40.6. The van der Waals surface area contributed by atoms with Gasteiger partial charge in [-0.1, -0.05) is 115 Å². The molecule has 186 valence electrons. The molecule has 4 aromatic carbocycles. The van der Waals surface area contributed by atoms with Gasteiger partial charge in [0.05, 0.1) is 0 Å². The maximum absolute atomic E-state index is 4.30. The Morgan fingerprint density at radius 3 is 1.92 bits per heavy atom. The molecule has 0 amide bonds. The van der Waals surface area contributed by atoms with E-state index in [2.05, 4.69) is 146 Å². The van der Waals surface area contributed by atoms with Crippen molar-refractivity contribution >= 4 is 24.3 Å². The normalized spacial score (nSPS) is 17.2. The van der Waals surface area contributed by atoms with E-state index in [-0.39, 0.29) is 11.1 Å². The molecule has 1 atom stereocenters. The Morgan fingerprint density at radius 2 is 1.27 bits per heavy atom. The van der Waals surface area contributed by atoms with Crippen LogP contribution >= 0.6 is 0 Å². The van der Waals surface area contributed by atoms with Gasteiger partial charge in [-0.3, -0.25) is 0 Å². The molecule has 3 heteroatoms. The summed E-state index contributed by atoms with van der Waals surface area (Å²) >= 11 is 0. The van der Waals surface area contributed by atoms with Gasteiger partial charge in [-0.05, 0) is 54.3 Å². The van der Waals surface area contributed by atoms with Gasteiger partial charge in [0.2, 0.25) is 8.24 Å². The number of nitrogens with one attached hydrogen (secondary N) is 1. The highest BCUT2D eigenvalue weighted by Gasteiger charge is 2.50. The number of hydrogen-bond donors (Lipinski definition) is 1. The molecule has 1 unspecified atom stereocenters. The van der Waals surface area contributed by atoms with Crippen LogP contribution in [0.5, 0.6) is 0 Å². The van der Waals surface area contributed by atoms with Crippen molar-refractivity contribution in [1.29, 1.82) is 0 Å². The third kappa shape index (κ3) is 4.37. The fraction of sp³-hybridized carbons (Fsp3) is 0.235. The lowest BCUT2D eigenvalue weighted by Gasteiger charge is -2.43. The van der Waals surface area contributed by atoms with E-state index in [1.54, 1.807) is 0 Å². The largest absolute Gasteiger partial charge is 0.367 e. The minimum Gasteiger partial charge on any atom is -0.367 e. The zero-order valence-electron chi connectivity index (χ0n) is 22.1. The maximum atomic E-state index is 4.30. The molecule has 2 nitrogen and oxygen atoms in total. The molecule has 0 bridgehead atoms. The predicted molar refractivity (Wildman–Crippen MR) is 159 cm³/mol. The summed E-state index contributed by atoms with van der Waals surface area (Å²) in [4.78, 5) is 6.92. The van der Waals surface area contributed by atoms with Crippen LogP contribution in [0.15, 0.2) is 115 Å². The number of benzene rings is 4. The van der Waals surface area contributed by atoms with Crippen LogP contribution in [0, 0.1) is 0 Å². The minimum atomic E-state index is -2.53. The van der Waals surface area contributed by atoms with Crippen LogP contribution in [0.2, 0.25) is 0 Å². The highest BCUT2D eigenvalue weighted by Crippen LogP contribution is 2.43. The zero-order chi connectivity index (χ0) is 25.5. The van der Waals surface area contributed by atoms with Crippen LogP contribution in [0.25, 0.3) is 5.70 Å². The lowest BCUT2D eigenvalue weighted by molar-refractivity contribution is 0.373. The number of nitrogens with zero attached hydrogens (tertiary/aromatic N) is 1. The third-order valence-electron chi connectivity index (χ3n) is 7.86. The van der Waals surface area contributed by atoms with E-state index >= 15 is 0 Å². The molecule has 0 spiro atoms. The first-order valence-corrected chi connectivity index (χ1v) is 15.6. The molecule has 0 saturated heterocycles. The molecule has 0 radical (unpaired) electrons. The number of hydrogen-bond acceptors (Lipinski definition) is 2. The lowest BCUT2D eigenvalue weighted by atomic mass is 9.98. The Bertz CT molecular complexity index is 1380. The van der Waals surface area contributed by atoms with E-state index in [1.165, 1.54) is 38.3 Å². The van der Waals surface area contributed by atoms with E-state index in [1.807, 2.05) is 0 Å². The standard InChI is InChI=1S/C34H36N2Si/c1-34(2,3)35-37(28-16-6-4-7-17-28,29-18-8-5-9-19-29)33-24-32(30-20-12-13-21-31(30)33)36-23-22-26-14-10-11-15-27(26)25-36/h4-21,24,33,35H,22-23,25H2,1-3H3. The first-order chi connectivity index (χ1) is 18.0. The van der Waals surface area contributed by atoms with Gasteiger partial charge in [-0.25, -0.2) is 0 Å². The van der Waals surface area contributed by atoms with E-state index in [0.29, 0.717) is 0 Å². The summed E-state index contributed by atoms with van der Waals surface area (Å²) in [6.07, 6.45) is 3.71. The van der Waals surface area contributed by atoms with Gasteiger partial charge in [0.1, 0.15) is 0 Å². The molecule has 4 aromatic rings. The van der Waals surface area contributed by atoms with Gasteiger partial charge in [-0.15, -0.1) is 0 Å². The summed E-state index contributed by atoms with van der Waals surface area (Å²) in [5, 5.41) is 2.86. The second-order valence-corrected chi connectivity index (χ2v) is 15.1. The number of rotatable bonds is 5.